The minimum atomic E-state index is 0.856. The van der Waals surface area contributed by atoms with Crippen molar-refractivity contribution in [2.75, 3.05) is 4.90 Å². The van der Waals surface area contributed by atoms with Crippen LogP contribution in [0.4, 0.5) is 17.1 Å². The Morgan fingerprint density at radius 1 is 0.267 bits per heavy atom. The molecule has 1 aromatic heterocycles. The Bertz CT molecular complexity index is 3310. The molecule has 0 amide bonds. The lowest BCUT2D eigenvalue weighted by Gasteiger charge is -2.29. The first-order valence-electron chi connectivity index (χ1n) is 20.5. The summed E-state index contributed by atoms with van der Waals surface area (Å²) in [5, 5.41) is 4.69. The van der Waals surface area contributed by atoms with Gasteiger partial charge in [-0.2, -0.15) is 0 Å². The number of para-hydroxylation sites is 2. The van der Waals surface area contributed by atoms with Gasteiger partial charge in [-0.15, -0.1) is 0 Å². The largest absolute Gasteiger partial charge is 0.456 e. The number of furan rings is 1. The van der Waals surface area contributed by atoms with Crippen molar-refractivity contribution in [3.63, 3.8) is 0 Å². The summed E-state index contributed by atoms with van der Waals surface area (Å²) in [6, 6.07) is 85.0. The number of fused-ring (bicyclic) bond motifs is 4. The van der Waals surface area contributed by atoms with Crippen molar-refractivity contribution in [2.24, 2.45) is 0 Å². The van der Waals surface area contributed by atoms with Crippen LogP contribution in [0.25, 0.3) is 88.3 Å². The molecule has 1 heterocycles. The van der Waals surface area contributed by atoms with Gasteiger partial charge in [0.1, 0.15) is 11.2 Å². The van der Waals surface area contributed by atoms with Crippen molar-refractivity contribution >= 4 is 49.8 Å². The van der Waals surface area contributed by atoms with E-state index >= 15 is 0 Å². The molecule has 0 radical (unpaired) electrons. The second kappa shape index (κ2) is 15.1. The fraction of sp³-hybridized carbons (Fsp3) is 0. The molecule has 0 aliphatic rings. The summed E-state index contributed by atoms with van der Waals surface area (Å²) in [5.41, 5.74) is 16.6. The molecule has 0 saturated heterocycles. The third-order valence-electron chi connectivity index (χ3n) is 11.7. The average Bonchev–Trinajstić information content (AvgIpc) is 3.70. The van der Waals surface area contributed by atoms with E-state index in [0.29, 0.717) is 0 Å². The molecule has 10 aromatic carbocycles. The van der Waals surface area contributed by atoms with Gasteiger partial charge in [0.25, 0.3) is 0 Å². The van der Waals surface area contributed by atoms with Crippen LogP contribution in [0.5, 0.6) is 0 Å². The predicted molar refractivity (Wildman–Crippen MR) is 253 cm³/mol. The third kappa shape index (κ3) is 6.41. The molecule has 0 fully saturated rings. The molecule has 2 nitrogen and oxygen atoms in total. The van der Waals surface area contributed by atoms with Gasteiger partial charge < -0.3 is 9.32 Å². The van der Waals surface area contributed by atoms with Gasteiger partial charge >= 0.3 is 0 Å². The van der Waals surface area contributed by atoms with Gasteiger partial charge in [-0.25, -0.2) is 0 Å². The van der Waals surface area contributed by atoms with Gasteiger partial charge in [0, 0.05) is 33.8 Å². The first kappa shape index (κ1) is 35.2. The molecule has 0 aliphatic heterocycles. The van der Waals surface area contributed by atoms with E-state index in [9.17, 15) is 0 Å². The fourth-order valence-electron chi connectivity index (χ4n) is 8.75. The molecular formula is C58H39NO. The lowest BCUT2D eigenvalue weighted by molar-refractivity contribution is 0.669. The van der Waals surface area contributed by atoms with Crippen molar-refractivity contribution in [3.05, 3.63) is 237 Å². The molecule has 60 heavy (non-hydrogen) atoms. The van der Waals surface area contributed by atoms with E-state index in [1.807, 2.05) is 12.1 Å². The highest BCUT2D eigenvalue weighted by Gasteiger charge is 2.22. The summed E-state index contributed by atoms with van der Waals surface area (Å²) in [5.74, 6) is 0. The molecule has 0 unspecified atom stereocenters. The Labute approximate surface area is 349 Å². The van der Waals surface area contributed by atoms with Gasteiger partial charge in [-0.1, -0.05) is 182 Å². The first-order chi connectivity index (χ1) is 29.7. The number of hydrogen-bond acceptors (Lipinski definition) is 2. The highest BCUT2D eigenvalue weighted by atomic mass is 16.3. The summed E-state index contributed by atoms with van der Waals surface area (Å²) < 4.78 is 6.50. The maximum atomic E-state index is 6.50. The normalized spacial score (nSPS) is 11.3. The zero-order chi connectivity index (χ0) is 39.8. The Hall–Kier alpha value is -7.94. The molecule has 0 saturated carbocycles. The Morgan fingerprint density at radius 2 is 0.817 bits per heavy atom. The predicted octanol–water partition coefficient (Wildman–Crippen LogP) is 16.5. The second-order valence-corrected chi connectivity index (χ2v) is 15.3. The van der Waals surface area contributed by atoms with E-state index in [2.05, 4.69) is 229 Å². The first-order valence-corrected chi connectivity index (χ1v) is 20.5. The monoisotopic (exact) mass is 765 g/mol. The molecule has 2 heteroatoms. The van der Waals surface area contributed by atoms with Gasteiger partial charge in [-0.05, 0) is 109 Å². The van der Waals surface area contributed by atoms with E-state index in [1.165, 1.54) is 55.3 Å². The fourth-order valence-corrected chi connectivity index (χ4v) is 8.75. The molecule has 0 atom stereocenters. The average molecular weight is 766 g/mol. The van der Waals surface area contributed by atoms with Gasteiger partial charge in [0.2, 0.25) is 0 Å². The van der Waals surface area contributed by atoms with Crippen LogP contribution in [0.15, 0.2) is 241 Å². The van der Waals surface area contributed by atoms with E-state index in [0.717, 1.165) is 50.1 Å². The second-order valence-electron chi connectivity index (χ2n) is 15.3. The Morgan fingerprint density at radius 3 is 1.62 bits per heavy atom. The molecule has 11 aromatic rings. The standard InChI is InChI=1S/C58H39NO/c1-3-15-40(16-4-1)46-31-35-49(43-18-5-2-6-19-43)55(38-46)51-22-10-9-21-50(51)52-23-11-13-25-56(52)59(48-34-36-54-53-24-12-14-26-57(53)60-58(54)39-48)47-32-29-42(30-33-47)45-28-27-41-17-7-8-20-44(41)37-45/h1-39H. The smallest absolute Gasteiger partial charge is 0.137 e. The Kier molecular flexibility index (Phi) is 8.87. The van der Waals surface area contributed by atoms with E-state index in [-0.39, 0.29) is 0 Å². The van der Waals surface area contributed by atoms with Crippen LogP contribution in [0.2, 0.25) is 0 Å². The van der Waals surface area contributed by atoms with Crippen LogP contribution in [-0.2, 0) is 0 Å². The minimum Gasteiger partial charge on any atom is -0.456 e. The summed E-state index contributed by atoms with van der Waals surface area (Å²) in [4.78, 5) is 2.38. The van der Waals surface area contributed by atoms with Crippen molar-refractivity contribution in [3.8, 4) is 55.6 Å². The van der Waals surface area contributed by atoms with E-state index in [4.69, 9.17) is 4.42 Å². The topological polar surface area (TPSA) is 16.4 Å². The number of hydrogen-bond donors (Lipinski definition) is 0. The number of benzene rings is 10. The van der Waals surface area contributed by atoms with Gasteiger partial charge in [0.05, 0.1) is 5.69 Å². The molecule has 0 spiro atoms. The number of anilines is 3. The maximum absolute atomic E-state index is 6.50. The number of nitrogens with zero attached hydrogens (tertiary/aromatic N) is 1. The highest BCUT2D eigenvalue weighted by molar-refractivity contribution is 6.06. The molecule has 282 valence electrons. The lowest BCUT2D eigenvalue weighted by atomic mass is 9.87. The summed E-state index contributed by atoms with van der Waals surface area (Å²) in [7, 11) is 0. The quantitative estimate of drug-likeness (QED) is 0.153. The van der Waals surface area contributed by atoms with Crippen molar-refractivity contribution < 1.29 is 4.42 Å². The lowest BCUT2D eigenvalue weighted by Crippen LogP contribution is -2.11. The molecule has 0 bridgehead atoms. The minimum absolute atomic E-state index is 0.856. The SMILES string of the molecule is c1ccc(-c2ccc(-c3ccccc3)c(-c3ccccc3-c3ccccc3N(c3ccc(-c4ccc5ccccc5c4)cc3)c3ccc4c(c3)oc3ccccc34)c2)cc1. The van der Waals surface area contributed by atoms with Crippen LogP contribution < -0.4 is 4.90 Å². The van der Waals surface area contributed by atoms with Crippen LogP contribution in [0, 0.1) is 0 Å². The third-order valence-corrected chi connectivity index (χ3v) is 11.7. The summed E-state index contributed by atoms with van der Waals surface area (Å²) in [6.07, 6.45) is 0. The Balaban J connectivity index is 1.10. The zero-order valence-electron chi connectivity index (χ0n) is 32.9. The molecule has 11 rings (SSSR count). The number of rotatable bonds is 8. The molecule has 0 N–H and O–H groups in total. The van der Waals surface area contributed by atoms with Crippen molar-refractivity contribution in [1.82, 2.24) is 0 Å². The van der Waals surface area contributed by atoms with Crippen LogP contribution in [0.3, 0.4) is 0 Å². The van der Waals surface area contributed by atoms with Gasteiger partial charge in [0.15, 0.2) is 0 Å². The van der Waals surface area contributed by atoms with Crippen LogP contribution in [0.1, 0.15) is 0 Å². The highest BCUT2D eigenvalue weighted by Crippen LogP contribution is 2.47. The van der Waals surface area contributed by atoms with Crippen molar-refractivity contribution in [2.45, 2.75) is 0 Å². The van der Waals surface area contributed by atoms with Crippen molar-refractivity contribution in [1.29, 1.82) is 0 Å². The van der Waals surface area contributed by atoms with E-state index in [1.54, 1.807) is 0 Å². The van der Waals surface area contributed by atoms with Crippen LogP contribution >= 0.6 is 0 Å². The molecule has 0 aliphatic carbocycles. The van der Waals surface area contributed by atoms with E-state index < -0.39 is 0 Å². The zero-order valence-corrected chi connectivity index (χ0v) is 32.9. The summed E-state index contributed by atoms with van der Waals surface area (Å²) in [6.45, 7) is 0. The summed E-state index contributed by atoms with van der Waals surface area (Å²) >= 11 is 0. The van der Waals surface area contributed by atoms with Crippen LogP contribution in [-0.4, -0.2) is 0 Å². The van der Waals surface area contributed by atoms with Gasteiger partial charge in [-0.3, -0.25) is 0 Å². The maximum Gasteiger partial charge on any atom is 0.137 e. The molecular weight excluding hydrogens is 727 g/mol.